The Balaban J connectivity index is 0.00000228. The molecule has 1 aliphatic heterocycles. The van der Waals surface area contributed by atoms with Crippen molar-refractivity contribution in [1.82, 2.24) is 9.88 Å². The number of anilines is 2. The quantitative estimate of drug-likeness (QED) is 0.364. The molecule has 204 valence electrons. The highest BCUT2D eigenvalue weighted by molar-refractivity contribution is 7.92. The zero-order valence-corrected chi connectivity index (χ0v) is 24.3. The normalized spacial score (nSPS) is 13.8. The molecule has 0 unspecified atom stereocenters. The number of benzene rings is 2. The Labute approximate surface area is 240 Å². The van der Waals surface area contributed by atoms with Gasteiger partial charge >= 0.3 is 5.97 Å². The topological polar surface area (TPSA) is 103 Å². The smallest absolute Gasteiger partial charge is 0.336 e. The molecule has 2 N–H and O–H groups in total. The van der Waals surface area contributed by atoms with E-state index in [9.17, 15) is 18.3 Å². The molecular formula is C24H30Cl4N4O4S. The molecule has 1 aromatic heterocycles. The summed E-state index contributed by atoms with van der Waals surface area (Å²) in [5.74, 6) is -0.479. The van der Waals surface area contributed by atoms with E-state index in [1.807, 2.05) is 0 Å². The molecule has 1 aliphatic rings. The number of carboxylic acids is 1. The zero-order valence-electron chi connectivity index (χ0n) is 20.3. The summed E-state index contributed by atoms with van der Waals surface area (Å²) in [4.78, 5) is 21.3. The molecule has 0 atom stereocenters. The van der Waals surface area contributed by atoms with Crippen LogP contribution in [0, 0.1) is 6.92 Å². The largest absolute Gasteiger partial charge is 0.478 e. The number of sulfonamides is 1. The lowest BCUT2D eigenvalue weighted by molar-refractivity contribution is 0.0699. The summed E-state index contributed by atoms with van der Waals surface area (Å²) >= 11 is 6.09. The maximum Gasteiger partial charge on any atom is 0.336 e. The van der Waals surface area contributed by atoms with E-state index in [4.69, 9.17) is 11.6 Å². The number of halogens is 4. The molecular weight excluding hydrogens is 582 g/mol. The van der Waals surface area contributed by atoms with Crippen LogP contribution in [-0.2, 0) is 10.0 Å². The third-order valence-electron chi connectivity index (χ3n) is 6.02. The average molecular weight is 612 g/mol. The van der Waals surface area contributed by atoms with Gasteiger partial charge in [-0.15, -0.1) is 37.2 Å². The van der Waals surface area contributed by atoms with Crippen LogP contribution in [0.2, 0.25) is 5.02 Å². The van der Waals surface area contributed by atoms with Gasteiger partial charge in [0.15, 0.2) is 0 Å². The first-order valence-corrected chi connectivity index (χ1v) is 13.0. The van der Waals surface area contributed by atoms with Gasteiger partial charge in [-0.25, -0.2) is 18.2 Å². The predicted molar refractivity (Wildman–Crippen MR) is 156 cm³/mol. The second-order valence-electron chi connectivity index (χ2n) is 8.36. The number of fused-ring (bicyclic) bond motifs is 1. The maximum atomic E-state index is 13.0. The molecule has 0 amide bonds. The number of nitrogens with one attached hydrogen (secondary N) is 1. The fourth-order valence-electron chi connectivity index (χ4n) is 4.22. The highest BCUT2D eigenvalue weighted by Gasteiger charge is 2.22. The summed E-state index contributed by atoms with van der Waals surface area (Å²) in [5, 5.41) is 10.6. The molecule has 4 rings (SSSR count). The highest BCUT2D eigenvalue weighted by atomic mass is 35.5. The molecule has 1 fully saturated rings. The minimum absolute atomic E-state index is 0. The fraction of sp³-hybridized carbons (Fsp3) is 0.333. The third kappa shape index (κ3) is 7.31. The van der Waals surface area contributed by atoms with Gasteiger partial charge in [-0.2, -0.15) is 0 Å². The van der Waals surface area contributed by atoms with E-state index in [0.717, 1.165) is 39.1 Å². The van der Waals surface area contributed by atoms with Crippen molar-refractivity contribution in [3.05, 3.63) is 58.6 Å². The molecule has 0 bridgehead atoms. The Morgan fingerprint density at radius 3 is 2.38 bits per heavy atom. The molecule has 2 aromatic carbocycles. The lowest BCUT2D eigenvalue weighted by atomic mass is 10.1. The van der Waals surface area contributed by atoms with E-state index >= 15 is 0 Å². The third-order valence-corrected chi connectivity index (χ3v) is 7.96. The van der Waals surface area contributed by atoms with Crippen LogP contribution in [0.25, 0.3) is 10.9 Å². The van der Waals surface area contributed by atoms with Crippen LogP contribution in [0.3, 0.4) is 0 Å². The van der Waals surface area contributed by atoms with Crippen LogP contribution in [0.1, 0.15) is 29.3 Å². The van der Waals surface area contributed by atoms with Crippen molar-refractivity contribution < 1.29 is 18.3 Å². The highest BCUT2D eigenvalue weighted by Crippen LogP contribution is 2.29. The van der Waals surface area contributed by atoms with Gasteiger partial charge in [-0.05, 0) is 61.9 Å². The molecule has 13 heteroatoms. The van der Waals surface area contributed by atoms with Gasteiger partial charge in [0.05, 0.1) is 16.0 Å². The molecule has 3 aromatic rings. The van der Waals surface area contributed by atoms with Crippen molar-refractivity contribution >= 4 is 87.2 Å². The van der Waals surface area contributed by atoms with Crippen molar-refractivity contribution in [2.75, 3.05) is 42.3 Å². The van der Waals surface area contributed by atoms with Crippen molar-refractivity contribution in [1.29, 1.82) is 0 Å². The molecule has 37 heavy (non-hydrogen) atoms. The first kappa shape index (κ1) is 33.0. The molecule has 1 saturated heterocycles. The average Bonchev–Trinajstić information content (AvgIpc) is 2.80. The van der Waals surface area contributed by atoms with Gasteiger partial charge in [0.25, 0.3) is 10.0 Å². The number of carboxylic acid groups (broad SMARTS) is 1. The van der Waals surface area contributed by atoms with Gasteiger partial charge in [0, 0.05) is 42.3 Å². The minimum atomic E-state index is -3.92. The molecule has 0 spiro atoms. The number of rotatable bonds is 7. The van der Waals surface area contributed by atoms with Crippen LogP contribution in [0.4, 0.5) is 11.5 Å². The van der Waals surface area contributed by atoms with Crippen LogP contribution in [0.5, 0.6) is 0 Å². The molecule has 8 nitrogen and oxygen atoms in total. The van der Waals surface area contributed by atoms with E-state index in [1.54, 1.807) is 37.3 Å². The molecule has 2 heterocycles. The monoisotopic (exact) mass is 610 g/mol. The summed E-state index contributed by atoms with van der Waals surface area (Å²) < 4.78 is 28.4. The Bertz CT molecular complexity index is 1350. The molecule has 0 saturated carbocycles. The summed E-state index contributed by atoms with van der Waals surface area (Å²) in [6, 6.07) is 11.0. The summed E-state index contributed by atoms with van der Waals surface area (Å²) in [7, 11) is -3.92. The number of nitrogens with zero attached hydrogens (tertiary/aromatic N) is 3. The van der Waals surface area contributed by atoms with E-state index in [0.29, 0.717) is 27.3 Å². The van der Waals surface area contributed by atoms with Crippen molar-refractivity contribution in [2.24, 2.45) is 0 Å². The van der Waals surface area contributed by atoms with Crippen molar-refractivity contribution in [3.8, 4) is 0 Å². The second-order valence-corrected chi connectivity index (χ2v) is 10.4. The summed E-state index contributed by atoms with van der Waals surface area (Å²) in [6.07, 6.45) is 1.10. The fourth-order valence-corrected chi connectivity index (χ4v) is 5.77. The Morgan fingerprint density at radius 2 is 1.76 bits per heavy atom. The van der Waals surface area contributed by atoms with Crippen LogP contribution < -0.4 is 9.62 Å². The lowest BCUT2D eigenvalue weighted by Crippen LogP contribution is -2.46. The van der Waals surface area contributed by atoms with E-state index in [2.05, 4.69) is 26.4 Å². The SMILES string of the molecule is CCCN1CCN(c2cc(C(=O)O)c3cc(NS(=O)(=O)c4cccc(Cl)c4C)ccc3n2)CC1.Cl.Cl.Cl. The minimum Gasteiger partial charge on any atom is -0.478 e. The van der Waals surface area contributed by atoms with Crippen LogP contribution in [-0.4, -0.2) is 62.1 Å². The van der Waals surface area contributed by atoms with Gasteiger partial charge in [0.1, 0.15) is 5.82 Å². The van der Waals surface area contributed by atoms with Gasteiger partial charge in [-0.1, -0.05) is 24.6 Å². The van der Waals surface area contributed by atoms with E-state index < -0.39 is 16.0 Å². The predicted octanol–water partition coefficient (Wildman–Crippen LogP) is 5.49. The molecule has 0 radical (unpaired) electrons. The first-order valence-electron chi connectivity index (χ1n) is 11.1. The van der Waals surface area contributed by atoms with Crippen LogP contribution in [0.15, 0.2) is 47.4 Å². The summed E-state index contributed by atoms with van der Waals surface area (Å²) in [5.41, 5.74) is 1.26. The van der Waals surface area contributed by atoms with Crippen molar-refractivity contribution in [2.45, 2.75) is 25.2 Å². The molecule has 0 aliphatic carbocycles. The maximum absolute atomic E-state index is 13.0. The van der Waals surface area contributed by atoms with Gasteiger partial charge < -0.3 is 10.0 Å². The number of hydrogen-bond donors (Lipinski definition) is 2. The summed E-state index contributed by atoms with van der Waals surface area (Å²) in [6.45, 7) is 8.18. The standard InChI is InChI=1S/C24H27ClN4O4S.3ClH/c1-3-9-28-10-12-29(13-11-28)23-15-19(24(30)31)18-14-17(7-8-21(18)26-23)27-34(32,33)22-6-4-5-20(25)16(22)2;;;/h4-8,14-15,27H,3,9-13H2,1-2H3,(H,30,31);3*1H. The van der Waals surface area contributed by atoms with E-state index in [1.165, 1.54) is 12.1 Å². The van der Waals surface area contributed by atoms with Gasteiger partial charge in [0.2, 0.25) is 0 Å². The van der Waals surface area contributed by atoms with E-state index in [-0.39, 0.29) is 53.4 Å². The van der Waals surface area contributed by atoms with Crippen LogP contribution >= 0.6 is 48.8 Å². The number of aromatic carboxylic acids is 1. The zero-order chi connectivity index (χ0) is 24.5. The Morgan fingerprint density at radius 1 is 1.08 bits per heavy atom. The Kier molecular flexibility index (Phi) is 12.2. The number of hydrogen-bond acceptors (Lipinski definition) is 6. The number of aromatic nitrogens is 1. The number of piperazine rings is 1. The lowest BCUT2D eigenvalue weighted by Gasteiger charge is -2.35. The van der Waals surface area contributed by atoms with Crippen molar-refractivity contribution in [3.63, 3.8) is 0 Å². The van der Waals surface area contributed by atoms with Gasteiger partial charge in [-0.3, -0.25) is 9.62 Å². The first-order chi connectivity index (χ1) is 16.2. The second kappa shape index (κ2) is 13.7. The number of carbonyl (C=O) groups is 1. The number of pyridine rings is 1. The Hall–Kier alpha value is -2.01.